The lowest BCUT2D eigenvalue weighted by Gasteiger charge is -2.13. The highest BCUT2D eigenvalue weighted by Crippen LogP contribution is 2.38. The molecule has 0 atom stereocenters. The average Bonchev–Trinajstić information content (AvgIpc) is 3.53. The third-order valence-electron chi connectivity index (χ3n) is 6.89. The largest absolute Gasteiger partial charge is 0.506 e. The zero-order valence-corrected chi connectivity index (χ0v) is 21.5. The Bertz CT molecular complexity index is 1660. The quantitative estimate of drug-likeness (QED) is 0.267. The Balaban J connectivity index is 1.48. The van der Waals surface area contributed by atoms with Crippen molar-refractivity contribution in [2.75, 3.05) is 6.79 Å². The normalized spacial score (nSPS) is 12.6. The van der Waals surface area contributed by atoms with Gasteiger partial charge < -0.3 is 14.6 Å². The molecule has 0 saturated carbocycles. The van der Waals surface area contributed by atoms with Crippen LogP contribution in [0.1, 0.15) is 42.3 Å². The first kappa shape index (κ1) is 23.6. The molecule has 3 heterocycles. The molecular formula is C30H28N2O4S. The number of thiophene rings is 1. The van der Waals surface area contributed by atoms with E-state index in [1.54, 1.807) is 4.57 Å². The van der Waals surface area contributed by atoms with E-state index < -0.39 is 0 Å². The van der Waals surface area contributed by atoms with E-state index >= 15 is 0 Å². The van der Waals surface area contributed by atoms with Gasteiger partial charge in [-0.1, -0.05) is 49.7 Å². The Labute approximate surface area is 218 Å². The minimum absolute atomic E-state index is 0.0796. The van der Waals surface area contributed by atoms with Gasteiger partial charge in [0.2, 0.25) is 6.79 Å². The number of nitrogens with zero attached hydrogens (tertiary/aromatic N) is 2. The van der Waals surface area contributed by atoms with Crippen molar-refractivity contribution in [2.45, 2.75) is 45.6 Å². The van der Waals surface area contributed by atoms with Crippen LogP contribution in [0, 0.1) is 0 Å². The molecule has 5 aromatic rings. The summed E-state index contributed by atoms with van der Waals surface area (Å²) in [4.78, 5) is 19.8. The average molecular weight is 513 g/mol. The molecule has 0 unspecified atom stereocenters. The van der Waals surface area contributed by atoms with E-state index in [0.717, 1.165) is 52.7 Å². The summed E-state index contributed by atoms with van der Waals surface area (Å²) in [6, 6.07) is 19.9. The molecule has 37 heavy (non-hydrogen) atoms. The van der Waals surface area contributed by atoms with Crippen molar-refractivity contribution in [3.05, 3.63) is 93.5 Å². The number of aromatic nitrogens is 2. The number of hydrogen-bond acceptors (Lipinski definition) is 6. The summed E-state index contributed by atoms with van der Waals surface area (Å²) in [5.41, 5.74) is 3.10. The molecule has 0 aliphatic carbocycles. The van der Waals surface area contributed by atoms with Gasteiger partial charge in [-0.05, 0) is 60.2 Å². The van der Waals surface area contributed by atoms with Gasteiger partial charge in [0.05, 0.1) is 16.6 Å². The number of phenols is 1. The SMILES string of the molecule is CCCCc1cc(O)c2sc3nc(CCc4ccccc4)n(Cc4ccc5c(c4)OCO5)c(=O)c3c2c1. The number of benzene rings is 3. The molecule has 0 spiro atoms. The van der Waals surface area contributed by atoms with Crippen LogP contribution in [0.15, 0.2) is 65.5 Å². The lowest BCUT2D eigenvalue weighted by atomic mass is 10.0. The van der Waals surface area contributed by atoms with Crippen molar-refractivity contribution in [3.63, 3.8) is 0 Å². The molecule has 6 rings (SSSR count). The predicted octanol–water partition coefficient (Wildman–Crippen LogP) is 6.22. The molecule has 1 aliphatic heterocycles. The Morgan fingerprint density at radius 2 is 1.78 bits per heavy atom. The van der Waals surface area contributed by atoms with Gasteiger partial charge in [0, 0.05) is 11.8 Å². The monoisotopic (exact) mass is 512 g/mol. The zero-order valence-electron chi connectivity index (χ0n) is 20.7. The molecule has 3 aromatic carbocycles. The molecule has 0 fully saturated rings. The number of ether oxygens (including phenoxy) is 2. The highest BCUT2D eigenvalue weighted by atomic mass is 32.1. The van der Waals surface area contributed by atoms with Crippen LogP contribution >= 0.6 is 11.3 Å². The van der Waals surface area contributed by atoms with Crippen LogP contribution in [0.4, 0.5) is 0 Å². The van der Waals surface area contributed by atoms with Crippen LogP contribution in [-0.2, 0) is 25.8 Å². The maximum atomic E-state index is 14.1. The van der Waals surface area contributed by atoms with Gasteiger partial charge in [-0.15, -0.1) is 11.3 Å². The van der Waals surface area contributed by atoms with E-state index in [4.69, 9.17) is 14.5 Å². The Morgan fingerprint density at radius 1 is 0.946 bits per heavy atom. The van der Waals surface area contributed by atoms with E-state index in [0.29, 0.717) is 34.7 Å². The summed E-state index contributed by atoms with van der Waals surface area (Å²) in [6.07, 6.45) is 4.37. The minimum atomic E-state index is -0.0796. The predicted molar refractivity (Wildman–Crippen MR) is 147 cm³/mol. The lowest BCUT2D eigenvalue weighted by Crippen LogP contribution is -2.26. The number of rotatable bonds is 8. The number of unbranched alkanes of at least 4 members (excludes halogenated alkanes) is 1. The number of aromatic hydroxyl groups is 1. The Kier molecular flexibility index (Phi) is 6.30. The van der Waals surface area contributed by atoms with Crippen LogP contribution in [0.25, 0.3) is 20.3 Å². The topological polar surface area (TPSA) is 73.6 Å². The minimum Gasteiger partial charge on any atom is -0.506 e. The Morgan fingerprint density at radius 3 is 2.62 bits per heavy atom. The summed E-state index contributed by atoms with van der Waals surface area (Å²) >= 11 is 1.39. The van der Waals surface area contributed by atoms with Gasteiger partial charge in [0.15, 0.2) is 11.5 Å². The van der Waals surface area contributed by atoms with Gasteiger partial charge in [0.25, 0.3) is 5.56 Å². The highest BCUT2D eigenvalue weighted by Gasteiger charge is 2.20. The molecule has 6 nitrogen and oxygen atoms in total. The van der Waals surface area contributed by atoms with Gasteiger partial charge in [-0.25, -0.2) is 4.98 Å². The highest BCUT2D eigenvalue weighted by molar-refractivity contribution is 7.25. The first-order valence-electron chi connectivity index (χ1n) is 12.7. The third kappa shape index (κ3) is 4.55. The van der Waals surface area contributed by atoms with Crippen molar-refractivity contribution in [2.24, 2.45) is 0 Å². The van der Waals surface area contributed by atoms with Crippen LogP contribution < -0.4 is 15.0 Å². The molecule has 7 heteroatoms. The second-order valence-electron chi connectivity index (χ2n) is 9.47. The smallest absolute Gasteiger partial charge is 0.263 e. The Hall–Kier alpha value is -3.84. The van der Waals surface area contributed by atoms with E-state index in [9.17, 15) is 9.90 Å². The number of fused-ring (bicyclic) bond motifs is 4. The first-order valence-corrected chi connectivity index (χ1v) is 13.5. The number of aryl methyl sites for hydroxylation is 3. The van der Waals surface area contributed by atoms with Crippen molar-refractivity contribution >= 4 is 31.6 Å². The molecule has 188 valence electrons. The maximum absolute atomic E-state index is 14.1. The van der Waals surface area contributed by atoms with Crippen molar-refractivity contribution in [3.8, 4) is 17.2 Å². The molecule has 2 aromatic heterocycles. The molecular weight excluding hydrogens is 484 g/mol. The van der Waals surface area contributed by atoms with Crippen LogP contribution in [0.3, 0.4) is 0 Å². The summed E-state index contributed by atoms with van der Waals surface area (Å²) in [7, 11) is 0. The van der Waals surface area contributed by atoms with E-state index in [1.807, 2.05) is 42.5 Å². The fourth-order valence-corrected chi connectivity index (χ4v) is 6.02. The van der Waals surface area contributed by atoms with Crippen molar-refractivity contribution < 1.29 is 14.6 Å². The number of hydrogen-bond donors (Lipinski definition) is 1. The fourth-order valence-electron chi connectivity index (χ4n) is 4.94. The first-order chi connectivity index (χ1) is 18.1. The van der Waals surface area contributed by atoms with E-state index in [-0.39, 0.29) is 18.1 Å². The number of phenolic OH excluding ortho intramolecular Hbond substituents is 1. The fraction of sp³-hybridized carbons (Fsp3) is 0.267. The van der Waals surface area contributed by atoms with Crippen LogP contribution in [-0.4, -0.2) is 21.5 Å². The van der Waals surface area contributed by atoms with Gasteiger partial charge >= 0.3 is 0 Å². The van der Waals surface area contributed by atoms with E-state index in [2.05, 4.69) is 25.1 Å². The summed E-state index contributed by atoms with van der Waals surface area (Å²) < 4.78 is 13.5. The summed E-state index contributed by atoms with van der Waals surface area (Å²) in [5.74, 6) is 2.36. The van der Waals surface area contributed by atoms with Gasteiger partial charge in [0.1, 0.15) is 16.4 Å². The molecule has 0 amide bonds. The standard InChI is InChI=1S/C30H28N2O4S/c1-2-3-7-20-14-22-27-29(37-28(22)23(33)15-20)31-26(13-11-19-8-5-4-6-9-19)32(30(27)34)17-21-10-12-24-25(16-21)36-18-35-24/h4-6,8-10,12,14-16,33H,2-3,7,11,13,17-18H2,1H3. The lowest BCUT2D eigenvalue weighted by molar-refractivity contribution is 0.174. The van der Waals surface area contributed by atoms with Crippen LogP contribution in [0.2, 0.25) is 0 Å². The summed E-state index contributed by atoms with van der Waals surface area (Å²) in [5, 5.41) is 12.2. The third-order valence-corrected chi connectivity index (χ3v) is 8.01. The molecule has 0 radical (unpaired) electrons. The molecule has 1 N–H and O–H groups in total. The van der Waals surface area contributed by atoms with Gasteiger partial charge in [-0.2, -0.15) is 0 Å². The van der Waals surface area contributed by atoms with Crippen LogP contribution in [0.5, 0.6) is 17.2 Å². The van der Waals surface area contributed by atoms with Crippen molar-refractivity contribution in [1.82, 2.24) is 9.55 Å². The maximum Gasteiger partial charge on any atom is 0.263 e. The second kappa shape index (κ2) is 9.90. The van der Waals surface area contributed by atoms with Crippen molar-refractivity contribution in [1.29, 1.82) is 0 Å². The summed E-state index contributed by atoms with van der Waals surface area (Å²) in [6.45, 7) is 2.73. The molecule has 0 bridgehead atoms. The second-order valence-corrected chi connectivity index (χ2v) is 10.5. The van der Waals surface area contributed by atoms with E-state index in [1.165, 1.54) is 16.9 Å². The zero-order chi connectivity index (χ0) is 25.4. The van der Waals surface area contributed by atoms with Gasteiger partial charge in [-0.3, -0.25) is 9.36 Å². The molecule has 0 saturated heterocycles. The molecule has 1 aliphatic rings.